The molecular formula is C15H13BrN2O2. The molecule has 0 saturated heterocycles. The van der Waals surface area contributed by atoms with E-state index in [2.05, 4.69) is 21.0 Å². The molecule has 3 aromatic rings. The lowest BCUT2D eigenvalue weighted by Crippen LogP contribution is -1.98. The van der Waals surface area contributed by atoms with E-state index in [1.54, 1.807) is 7.11 Å². The lowest BCUT2D eigenvalue weighted by atomic mass is 10.1. The molecule has 0 aliphatic rings. The molecule has 3 rings (SSSR count). The Bertz CT molecular complexity index is 722. The van der Waals surface area contributed by atoms with Gasteiger partial charge in [0.1, 0.15) is 11.4 Å². The van der Waals surface area contributed by atoms with Gasteiger partial charge in [0.15, 0.2) is 6.79 Å². The minimum absolute atomic E-state index is 0.247. The summed E-state index contributed by atoms with van der Waals surface area (Å²) in [6.07, 6.45) is 1.93. The van der Waals surface area contributed by atoms with Gasteiger partial charge in [-0.1, -0.05) is 6.07 Å². The normalized spacial score (nSPS) is 10.9. The summed E-state index contributed by atoms with van der Waals surface area (Å²) in [5.41, 5.74) is 2.99. The van der Waals surface area contributed by atoms with Gasteiger partial charge in [0.2, 0.25) is 0 Å². The van der Waals surface area contributed by atoms with E-state index in [-0.39, 0.29) is 6.79 Å². The Hall–Kier alpha value is -1.85. The van der Waals surface area contributed by atoms with Gasteiger partial charge in [-0.25, -0.2) is 4.52 Å². The molecule has 0 N–H and O–H groups in total. The molecule has 2 aromatic heterocycles. The van der Waals surface area contributed by atoms with E-state index < -0.39 is 0 Å². The summed E-state index contributed by atoms with van der Waals surface area (Å²) in [6.45, 7) is 0.247. The van der Waals surface area contributed by atoms with E-state index in [1.165, 1.54) is 0 Å². The van der Waals surface area contributed by atoms with Crippen LogP contribution in [0.25, 0.3) is 16.8 Å². The summed E-state index contributed by atoms with van der Waals surface area (Å²) < 4.78 is 13.1. The minimum Gasteiger partial charge on any atom is -0.468 e. The first kappa shape index (κ1) is 13.1. The lowest BCUT2D eigenvalue weighted by molar-refractivity contribution is 0.0511. The quantitative estimate of drug-likeness (QED) is 0.682. The molecule has 2 heterocycles. The Morgan fingerprint density at radius 1 is 1.15 bits per heavy atom. The highest BCUT2D eigenvalue weighted by molar-refractivity contribution is 9.10. The van der Waals surface area contributed by atoms with Crippen molar-refractivity contribution in [3.05, 3.63) is 53.1 Å². The lowest BCUT2D eigenvalue weighted by Gasteiger charge is -2.04. The van der Waals surface area contributed by atoms with E-state index in [0.717, 1.165) is 27.0 Å². The summed E-state index contributed by atoms with van der Waals surface area (Å²) in [7, 11) is 1.60. The number of fused-ring (bicyclic) bond motifs is 1. The molecule has 0 atom stereocenters. The largest absolute Gasteiger partial charge is 0.468 e. The van der Waals surface area contributed by atoms with Crippen LogP contribution in [0.3, 0.4) is 0 Å². The van der Waals surface area contributed by atoms with Gasteiger partial charge in [-0.3, -0.25) is 0 Å². The number of aromatic nitrogens is 2. The van der Waals surface area contributed by atoms with E-state index in [4.69, 9.17) is 9.47 Å². The fourth-order valence-corrected chi connectivity index (χ4v) is 2.61. The van der Waals surface area contributed by atoms with Gasteiger partial charge in [0.25, 0.3) is 0 Å². The number of rotatable bonds is 4. The molecule has 1 aromatic carbocycles. The summed E-state index contributed by atoms with van der Waals surface area (Å²) in [5.74, 6) is 0.774. The molecule has 0 fully saturated rings. The SMILES string of the molecule is COCOc1ccc(-c2nn3ccccc3c2Br)cc1. The van der Waals surface area contributed by atoms with Gasteiger partial charge in [0.05, 0.1) is 9.99 Å². The van der Waals surface area contributed by atoms with Crippen LogP contribution in [-0.4, -0.2) is 23.5 Å². The molecule has 0 saturated carbocycles. The van der Waals surface area contributed by atoms with E-state index in [9.17, 15) is 0 Å². The first-order valence-electron chi connectivity index (χ1n) is 6.14. The Morgan fingerprint density at radius 3 is 2.65 bits per heavy atom. The molecule has 20 heavy (non-hydrogen) atoms. The molecule has 4 nitrogen and oxygen atoms in total. The van der Waals surface area contributed by atoms with Gasteiger partial charge in [-0.15, -0.1) is 0 Å². The first-order chi connectivity index (χ1) is 9.79. The van der Waals surface area contributed by atoms with Crippen molar-refractivity contribution in [1.29, 1.82) is 0 Å². The van der Waals surface area contributed by atoms with Crippen LogP contribution in [0.5, 0.6) is 5.75 Å². The van der Waals surface area contributed by atoms with Gasteiger partial charge >= 0.3 is 0 Å². The fourth-order valence-electron chi connectivity index (χ4n) is 1.99. The number of hydrogen-bond donors (Lipinski definition) is 0. The maximum atomic E-state index is 5.38. The zero-order chi connectivity index (χ0) is 13.9. The molecule has 0 radical (unpaired) electrons. The molecule has 5 heteroatoms. The predicted octanol–water partition coefficient (Wildman–Crippen LogP) is 3.75. The zero-order valence-electron chi connectivity index (χ0n) is 10.9. The van der Waals surface area contributed by atoms with E-state index >= 15 is 0 Å². The zero-order valence-corrected chi connectivity index (χ0v) is 12.5. The van der Waals surface area contributed by atoms with Gasteiger partial charge in [-0.05, 0) is 52.3 Å². The average Bonchev–Trinajstić information content (AvgIpc) is 2.83. The predicted molar refractivity (Wildman–Crippen MR) is 80.8 cm³/mol. The highest BCUT2D eigenvalue weighted by atomic mass is 79.9. The van der Waals surface area contributed by atoms with Crippen molar-refractivity contribution in [2.45, 2.75) is 0 Å². The number of methoxy groups -OCH3 is 1. The van der Waals surface area contributed by atoms with E-state index in [0.29, 0.717) is 0 Å². The second-order valence-electron chi connectivity index (χ2n) is 4.27. The summed E-state index contributed by atoms with van der Waals surface area (Å²) in [6, 6.07) is 13.8. The Morgan fingerprint density at radius 2 is 1.95 bits per heavy atom. The van der Waals surface area contributed by atoms with Crippen molar-refractivity contribution in [1.82, 2.24) is 9.61 Å². The van der Waals surface area contributed by atoms with Crippen molar-refractivity contribution in [3.8, 4) is 17.0 Å². The maximum Gasteiger partial charge on any atom is 0.188 e. The molecular weight excluding hydrogens is 320 g/mol. The van der Waals surface area contributed by atoms with Crippen molar-refractivity contribution < 1.29 is 9.47 Å². The molecule has 0 aliphatic heterocycles. The molecule has 0 amide bonds. The number of pyridine rings is 1. The minimum atomic E-state index is 0.247. The third kappa shape index (κ3) is 2.42. The maximum absolute atomic E-state index is 5.38. The molecule has 0 unspecified atom stereocenters. The van der Waals surface area contributed by atoms with Crippen LogP contribution >= 0.6 is 15.9 Å². The van der Waals surface area contributed by atoms with Crippen LogP contribution < -0.4 is 4.74 Å². The molecule has 102 valence electrons. The standard InChI is InChI=1S/C15H13BrN2O2/c1-19-10-20-12-7-5-11(6-8-12)15-14(16)13-4-2-3-9-18(13)17-15/h2-9H,10H2,1H3. The molecule has 0 bridgehead atoms. The summed E-state index contributed by atoms with van der Waals surface area (Å²) >= 11 is 3.61. The monoisotopic (exact) mass is 332 g/mol. The van der Waals surface area contributed by atoms with Crippen molar-refractivity contribution in [2.24, 2.45) is 0 Å². The second kappa shape index (κ2) is 5.64. The topological polar surface area (TPSA) is 35.8 Å². The van der Waals surface area contributed by atoms with Crippen molar-refractivity contribution in [3.63, 3.8) is 0 Å². The first-order valence-corrected chi connectivity index (χ1v) is 6.94. The van der Waals surface area contributed by atoms with Crippen molar-refractivity contribution in [2.75, 3.05) is 13.9 Å². The van der Waals surface area contributed by atoms with Crippen LogP contribution in [0.1, 0.15) is 0 Å². The number of halogens is 1. The van der Waals surface area contributed by atoms with Crippen LogP contribution in [0.15, 0.2) is 53.1 Å². The molecule has 0 spiro atoms. The van der Waals surface area contributed by atoms with Crippen molar-refractivity contribution >= 4 is 21.4 Å². The highest BCUT2D eigenvalue weighted by Crippen LogP contribution is 2.31. The summed E-state index contributed by atoms with van der Waals surface area (Å²) in [5, 5.41) is 4.58. The number of ether oxygens (including phenoxy) is 2. The third-order valence-corrected chi connectivity index (χ3v) is 3.73. The Labute approximate surface area is 125 Å². The van der Waals surface area contributed by atoms with Crippen LogP contribution in [-0.2, 0) is 4.74 Å². The third-order valence-electron chi connectivity index (χ3n) is 2.95. The second-order valence-corrected chi connectivity index (χ2v) is 5.06. The fraction of sp³-hybridized carbons (Fsp3) is 0.133. The van der Waals surface area contributed by atoms with Crippen LogP contribution in [0, 0.1) is 0 Å². The Kier molecular flexibility index (Phi) is 3.71. The van der Waals surface area contributed by atoms with Crippen LogP contribution in [0.4, 0.5) is 0 Å². The van der Waals surface area contributed by atoms with Crippen LogP contribution in [0.2, 0.25) is 0 Å². The average molecular weight is 333 g/mol. The number of hydrogen-bond acceptors (Lipinski definition) is 3. The van der Waals surface area contributed by atoms with E-state index in [1.807, 2.05) is 53.2 Å². The number of nitrogens with zero attached hydrogens (tertiary/aromatic N) is 2. The van der Waals surface area contributed by atoms with Gasteiger partial charge in [-0.2, -0.15) is 5.10 Å². The van der Waals surface area contributed by atoms with Gasteiger partial charge < -0.3 is 9.47 Å². The smallest absolute Gasteiger partial charge is 0.188 e. The molecule has 0 aliphatic carbocycles. The number of benzene rings is 1. The van der Waals surface area contributed by atoms with Gasteiger partial charge in [0, 0.05) is 18.9 Å². The highest BCUT2D eigenvalue weighted by Gasteiger charge is 2.11. The Balaban J connectivity index is 1.96. The summed E-state index contributed by atoms with van der Waals surface area (Å²) in [4.78, 5) is 0.